The number of hydrogen-bond acceptors (Lipinski definition) is 6. The molecule has 153 valence electrons. The van der Waals surface area contributed by atoms with Crippen LogP contribution in [0, 0.1) is 0 Å². The number of aliphatic carboxylic acids is 3. The van der Waals surface area contributed by atoms with Crippen LogP contribution in [0.1, 0.15) is 10.4 Å². The molecule has 1 rings (SSSR count). The van der Waals surface area contributed by atoms with Gasteiger partial charge in [0.2, 0.25) is 5.91 Å². The predicted molar refractivity (Wildman–Crippen MR) is 91.8 cm³/mol. The van der Waals surface area contributed by atoms with Crippen molar-refractivity contribution in [1.29, 1.82) is 0 Å². The molecule has 1 aromatic rings. The molecule has 1 aromatic carbocycles. The van der Waals surface area contributed by atoms with Gasteiger partial charge in [-0.2, -0.15) is 0 Å². The minimum atomic E-state index is -1.29. The molecular formula is C15H16ClN3O8Tc. The molecule has 0 aromatic heterocycles. The zero-order valence-electron chi connectivity index (χ0n) is 14.1. The predicted octanol–water partition coefficient (Wildman–Crippen LogP) is -0.438. The molecule has 0 aliphatic rings. The Morgan fingerprint density at radius 3 is 1.96 bits per heavy atom. The summed E-state index contributed by atoms with van der Waals surface area (Å²) in [6, 6.07) is 3.84. The van der Waals surface area contributed by atoms with Crippen molar-refractivity contribution in [3.8, 4) is 0 Å². The summed E-state index contributed by atoms with van der Waals surface area (Å²) in [6.45, 7) is -2.35. The largest absolute Gasteiger partial charge is 0.480 e. The van der Waals surface area contributed by atoms with E-state index in [9.17, 15) is 24.0 Å². The Bertz CT molecular complexity index is 758. The van der Waals surface area contributed by atoms with Gasteiger partial charge in [-0.3, -0.25) is 28.9 Å². The molecule has 0 spiro atoms. The maximum Gasteiger partial charge on any atom is 0.322 e. The van der Waals surface area contributed by atoms with E-state index in [0.29, 0.717) is 0 Å². The van der Waals surface area contributed by atoms with Crippen molar-refractivity contribution in [2.24, 2.45) is 0 Å². The average Bonchev–Trinajstić information content (AvgIpc) is 2.51. The van der Waals surface area contributed by atoms with Gasteiger partial charge < -0.3 is 26.0 Å². The maximum absolute atomic E-state index is 12.0. The Labute approximate surface area is 177 Å². The number of benzene rings is 1. The summed E-state index contributed by atoms with van der Waals surface area (Å²) < 4.78 is 0. The molecule has 28 heavy (non-hydrogen) atoms. The number of halogens is 1. The molecule has 0 bridgehead atoms. The zero-order valence-corrected chi connectivity index (χ0v) is 16.8. The molecule has 13 heteroatoms. The van der Waals surface area contributed by atoms with Gasteiger partial charge in [-0.05, 0) is 18.2 Å². The van der Waals surface area contributed by atoms with Crippen LogP contribution in [-0.4, -0.2) is 76.1 Å². The van der Waals surface area contributed by atoms with Crippen LogP contribution >= 0.6 is 11.6 Å². The summed E-state index contributed by atoms with van der Waals surface area (Å²) in [6.07, 6.45) is 0. The van der Waals surface area contributed by atoms with Gasteiger partial charge in [0.1, 0.15) is 6.54 Å². The normalized spacial score (nSPS) is 9.93. The van der Waals surface area contributed by atoms with E-state index in [1.54, 1.807) is 0 Å². The number of rotatable bonds is 10. The number of hydrogen-bond donors (Lipinski definition) is 5. The van der Waals surface area contributed by atoms with Crippen molar-refractivity contribution in [3.63, 3.8) is 0 Å². The number of carboxylic acid groups (broad SMARTS) is 3. The second-order valence-electron chi connectivity index (χ2n) is 5.25. The second kappa shape index (κ2) is 12.0. The smallest absolute Gasteiger partial charge is 0.322 e. The van der Waals surface area contributed by atoms with Gasteiger partial charge in [0.15, 0.2) is 0 Å². The van der Waals surface area contributed by atoms with Crippen molar-refractivity contribution in [2.45, 2.75) is 0 Å². The number of anilines is 1. The van der Waals surface area contributed by atoms with E-state index in [2.05, 4.69) is 10.6 Å². The fourth-order valence-electron chi connectivity index (χ4n) is 1.98. The van der Waals surface area contributed by atoms with Gasteiger partial charge in [-0.25, -0.2) is 0 Å². The average molecular weight is 501 g/mol. The van der Waals surface area contributed by atoms with E-state index < -0.39 is 55.9 Å². The van der Waals surface area contributed by atoms with Crippen LogP contribution in [0.2, 0.25) is 5.02 Å². The van der Waals surface area contributed by atoms with Crippen LogP contribution in [-0.2, 0) is 39.3 Å². The Hall–Kier alpha value is -2.53. The fraction of sp³-hybridized carbons (Fsp3) is 0.267. The van der Waals surface area contributed by atoms with Crippen molar-refractivity contribution < 1.29 is 59.4 Å². The van der Waals surface area contributed by atoms with E-state index in [0.717, 1.165) is 4.90 Å². The molecule has 0 heterocycles. The van der Waals surface area contributed by atoms with Gasteiger partial charge in [-0.15, -0.1) is 0 Å². The van der Waals surface area contributed by atoms with Gasteiger partial charge in [0, 0.05) is 25.8 Å². The summed E-state index contributed by atoms with van der Waals surface area (Å²) in [7, 11) is 0. The Morgan fingerprint density at radius 1 is 0.929 bits per heavy atom. The number of nitrogens with one attached hydrogen (secondary N) is 2. The summed E-state index contributed by atoms with van der Waals surface area (Å²) in [5, 5.41) is 30.5. The first-order valence-corrected chi connectivity index (χ1v) is 7.71. The summed E-state index contributed by atoms with van der Waals surface area (Å²) in [5.74, 6) is -5.20. The van der Waals surface area contributed by atoms with Gasteiger partial charge in [0.05, 0.1) is 30.2 Å². The number of carbonyl (C=O) groups is 5. The SMILES string of the molecule is O=C(O)CNC(=O)c1ccc(NC(=O)CN(CC(=O)O)CC(=O)O)cc1Cl.[99Tc]. The van der Waals surface area contributed by atoms with E-state index in [4.69, 9.17) is 26.9 Å². The van der Waals surface area contributed by atoms with Gasteiger partial charge in [0.25, 0.3) is 5.91 Å². The van der Waals surface area contributed by atoms with Crippen LogP contribution in [0.3, 0.4) is 0 Å². The number of carboxylic acids is 3. The van der Waals surface area contributed by atoms with Crippen molar-refractivity contribution in [3.05, 3.63) is 28.8 Å². The third kappa shape index (κ3) is 9.42. The van der Waals surface area contributed by atoms with Crippen LogP contribution in [0.4, 0.5) is 5.69 Å². The number of amides is 2. The van der Waals surface area contributed by atoms with E-state index in [1.165, 1.54) is 18.2 Å². The Morgan fingerprint density at radius 2 is 1.50 bits per heavy atom. The summed E-state index contributed by atoms with van der Waals surface area (Å²) >= 11 is 5.94. The molecule has 0 saturated heterocycles. The molecule has 5 N–H and O–H groups in total. The second-order valence-corrected chi connectivity index (χ2v) is 5.66. The molecule has 0 fully saturated rings. The standard InChI is InChI=1S/C15H16ClN3O8.Tc/c16-10-3-8(1-2-9(10)15(27)17-4-12(21)22)18-11(20)5-19(6-13(23)24)7-14(25)26;/h1-3H,4-7H2,(H,17,27)(H,18,20)(H,21,22)(H,23,24)(H,25,26);/i;1+1. The first-order valence-electron chi connectivity index (χ1n) is 7.33. The topological polar surface area (TPSA) is 173 Å². The molecule has 0 aliphatic heterocycles. The Kier molecular flexibility index (Phi) is 10.9. The summed E-state index contributed by atoms with van der Waals surface area (Å²) in [5.41, 5.74) is 0.180. The molecule has 11 nitrogen and oxygen atoms in total. The van der Waals surface area contributed by atoms with Crippen LogP contribution in [0.5, 0.6) is 0 Å². The van der Waals surface area contributed by atoms with Gasteiger partial charge in [-0.1, -0.05) is 11.6 Å². The van der Waals surface area contributed by atoms with Crippen molar-refractivity contribution >= 4 is 47.0 Å². The Balaban J connectivity index is 0.00000729. The molecule has 0 unspecified atom stereocenters. The van der Waals surface area contributed by atoms with E-state index in [1.807, 2.05) is 0 Å². The third-order valence-electron chi connectivity index (χ3n) is 2.98. The van der Waals surface area contributed by atoms with Crippen LogP contribution in [0.15, 0.2) is 18.2 Å². The molecule has 1 radical (unpaired) electrons. The number of nitrogens with zero attached hydrogens (tertiary/aromatic N) is 1. The van der Waals surface area contributed by atoms with Crippen molar-refractivity contribution in [2.75, 3.05) is 31.5 Å². The molecule has 0 saturated carbocycles. The van der Waals surface area contributed by atoms with E-state index in [-0.39, 0.29) is 36.4 Å². The maximum atomic E-state index is 12.0. The first-order chi connectivity index (χ1) is 12.6. The molecule has 2 amide bonds. The monoisotopic (exact) mass is 500 g/mol. The van der Waals surface area contributed by atoms with Gasteiger partial charge >= 0.3 is 17.9 Å². The van der Waals surface area contributed by atoms with Crippen LogP contribution < -0.4 is 10.6 Å². The third-order valence-corrected chi connectivity index (χ3v) is 3.30. The minimum absolute atomic E-state index is 0. The first kappa shape index (κ1) is 25.5. The number of carbonyl (C=O) groups excluding carboxylic acids is 2. The quantitative estimate of drug-likeness (QED) is 0.285. The van der Waals surface area contributed by atoms with Crippen LogP contribution in [0.25, 0.3) is 0 Å². The zero-order chi connectivity index (χ0) is 20.6. The molecule has 0 aliphatic carbocycles. The molecule has 0 atom stereocenters. The van der Waals surface area contributed by atoms with Crippen molar-refractivity contribution in [1.82, 2.24) is 10.2 Å². The summed E-state index contributed by atoms with van der Waals surface area (Å²) in [4.78, 5) is 56.5. The molecular weight excluding hydrogens is 485 g/mol. The van der Waals surface area contributed by atoms with E-state index >= 15 is 0 Å². The minimum Gasteiger partial charge on any atom is -0.480 e. The fourth-order valence-corrected chi connectivity index (χ4v) is 2.25.